The second-order valence-corrected chi connectivity index (χ2v) is 8.69. The molecule has 1 aliphatic carbocycles. The van der Waals surface area contributed by atoms with Crippen LogP contribution in [0.2, 0.25) is 0 Å². The number of aromatic nitrogens is 4. The van der Waals surface area contributed by atoms with Gasteiger partial charge in [0.25, 0.3) is 0 Å². The summed E-state index contributed by atoms with van der Waals surface area (Å²) in [6.45, 7) is 6.02. The van der Waals surface area contributed by atoms with E-state index in [4.69, 9.17) is 14.0 Å². The van der Waals surface area contributed by atoms with Crippen molar-refractivity contribution in [3.05, 3.63) is 36.4 Å². The molecule has 34 heavy (non-hydrogen) atoms. The van der Waals surface area contributed by atoms with Gasteiger partial charge in [-0.05, 0) is 45.7 Å². The van der Waals surface area contributed by atoms with Crippen molar-refractivity contribution in [1.29, 1.82) is 0 Å². The van der Waals surface area contributed by atoms with Crippen molar-refractivity contribution >= 4 is 17.5 Å². The molecule has 0 radical (unpaired) electrons. The van der Waals surface area contributed by atoms with Crippen LogP contribution in [0.1, 0.15) is 45.2 Å². The van der Waals surface area contributed by atoms with E-state index in [2.05, 4.69) is 25.4 Å². The molecular weight excluding hydrogens is 438 g/mol. The van der Waals surface area contributed by atoms with Gasteiger partial charge in [0, 0.05) is 5.92 Å². The quantitative estimate of drug-likeness (QED) is 0.459. The molecule has 0 bridgehead atoms. The molecule has 0 unspecified atom stereocenters. The van der Waals surface area contributed by atoms with Crippen molar-refractivity contribution in [2.45, 2.75) is 52.6 Å². The van der Waals surface area contributed by atoms with Gasteiger partial charge in [0.05, 0.1) is 37.2 Å². The third-order valence-electron chi connectivity index (χ3n) is 5.74. The molecule has 10 heteroatoms. The molecule has 0 aliphatic heterocycles. The third kappa shape index (κ3) is 5.62. The normalized spacial score (nSPS) is 18.0. The number of nitrogens with zero attached hydrogens (tertiary/aromatic N) is 4. The summed E-state index contributed by atoms with van der Waals surface area (Å²) in [7, 11) is 0. The smallest absolute Gasteiger partial charge is 0.306 e. The number of hydrogen-bond donors (Lipinski definition) is 2. The summed E-state index contributed by atoms with van der Waals surface area (Å²) in [5.41, 5.74) is 1.84. The van der Waals surface area contributed by atoms with Crippen LogP contribution in [-0.2, 0) is 4.79 Å². The molecule has 0 spiro atoms. The number of anilines is 2. The first-order valence-electron chi connectivity index (χ1n) is 11.4. The van der Waals surface area contributed by atoms with Crippen LogP contribution in [0, 0.1) is 18.8 Å². The maximum Gasteiger partial charge on any atom is 0.306 e. The predicted molar refractivity (Wildman–Crippen MR) is 124 cm³/mol. The zero-order valence-electron chi connectivity index (χ0n) is 19.5. The van der Waals surface area contributed by atoms with Crippen molar-refractivity contribution in [1.82, 2.24) is 20.1 Å². The zero-order chi connectivity index (χ0) is 24.1. The molecule has 0 aromatic carbocycles. The number of hydrogen-bond acceptors (Lipinski definition) is 9. The lowest BCUT2D eigenvalue weighted by Gasteiger charge is -2.28. The van der Waals surface area contributed by atoms with Crippen molar-refractivity contribution in [2.75, 3.05) is 11.9 Å². The number of carbonyl (C=O) groups is 1. The molecule has 2 N–H and O–H groups in total. The molecule has 3 aromatic heterocycles. The van der Waals surface area contributed by atoms with Crippen LogP contribution in [0.25, 0.3) is 11.5 Å². The fourth-order valence-electron chi connectivity index (χ4n) is 4.06. The summed E-state index contributed by atoms with van der Waals surface area (Å²) in [6, 6.07) is 3.57. The van der Waals surface area contributed by atoms with Crippen LogP contribution < -0.4 is 14.8 Å². The summed E-state index contributed by atoms with van der Waals surface area (Å²) in [5.74, 6) is 0.861. The van der Waals surface area contributed by atoms with Crippen LogP contribution >= 0.6 is 0 Å². The Morgan fingerprint density at radius 3 is 2.79 bits per heavy atom. The maximum atomic E-state index is 11.5. The Morgan fingerprint density at radius 2 is 2.06 bits per heavy atom. The third-order valence-corrected chi connectivity index (χ3v) is 5.74. The van der Waals surface area contributed by atoms with Gasteiger partial charge in [-0.25, -0.2) is 4.98 Å². The fourth-order valence-corrected chi connectivity index (χ4v) is 4.06. The first kappa shape index (κ1) is 23.5. The van der Waals surface area contributed by atoms with Crippen LogP contribution in [-0.4, -0.2) is 43.9 Å². The van der Waals surface area contributed by atoms with E-state index < -0.39 is 5.97 Å². The van der Waals surface area contributed by atoms with E-state index in [1.54, 1.807) is 30.7 Å². The lowest BCUT2D eigenvalue weighted by Crippen LogP contribution is -2.31. The molecule has 0 amide bonds. The standard InChI is InChI=1S/C24H29N5O5/c1-14(2)33-21-12-25-11-20(27-21)28-22-15(3)29-34-23(22)19-9-8-17(10-26-19)32-13-16-6-4-5-7-18(16)24(30)31/h8-12,14,16,18H,4-7,13H2,1-3H3,(H,27,28)(H,30,31)/t16-,18+/m1/s1. The zero-order valence-corrected chi connectivity index (χ0v) is 19.5. The number of aliphatic carboxylic acids is 1. The monoisotopic (exact) mass is 467 g/mol. The minimum atomic E-state index is -0.742. The largest absolute Gasteiger partial charge is 0.492 e. The Labute approximate surface area is 197 Å². The van der Waals surface area contributed by atoms with E-state index in [1.165, 1.54) is 0 Å². The highest BCUT2D eigenvalue weighted by molar-refractivity contribution is 5.75. The van der Waals surface area contributed by atoms with Gasteiger partial charge in [0.15, 0.2) is 5.82 Å². The van der Waals surface area contributed by atoms with Gasteiger partial charge in [-0.2, -0.15) is 4.98 Å². The number of pyridine rings is 1. The first-order valence-corrected chi connectivity index (χ1v) is 11.4. The van der Waals surface area contributed by atoms with Gasteiger partial charge in [0.1, 0.15) is 22.8 Å². The van der Waals surface area contributed by atoms with Gasteiger partial charge in [-0.15, -0.1) is 0 Å². The van der Waals surface area contributed by atoms with Crippen molar-refractivity contribution in [3.8, 4) is 23.1 Å². The number of rotatable bonds is 9. The highest BCUT2D eigenvalue weighted by Gasteiger charge is 2.31. The highest BCUT2D eigenvalue weighted by Crippen LogP contribution is 2.33. The first-order chi connectivity index (χ1) is 16.4. The molecule has 4 rings (SSSR count). The van der Waals surface area contributed by atoms with E-state index in [9.17, 15) is 9.90 Å². The summed E-state index contributed by atoms with van der Waals surface area (Å²) in [5, 5.41) is 16.7. The molecule has 3 heterocycles. The number of aryl methyl sites for hydroxylation is 1. The summed E-state index contributed by atoms with van der Waals surface area (Å²) in [4.78, 5) is 24.6. The Bertz CT molecular complexity index is 1120. The van der Waals surface area contributed by atoms with Gasteiger partial charge in [-0.3, -0.25) is 9.78 Å². The van der Waals surface area contributed by atoms with E-state index in [-0.39, 0.29) is 17.9 Å². The summed E-state index contributed by atoms with van der Waals surface area (Å²) < 4.78 is 17.0. The average molecular weight is 468 g/mol. The number of carboxylic acids is 1. The minimum absolute atomic E-state index is 0.00945. The van der Waals surface area contributed by atoms with Crippen LogP contribution in [0.3, 0.4) is 0 Å². The predicted octanol–water partition coefficient (Wildman–Crippen LogP) is 4.64. The van der Waals surface area contributed by atoms with Crippen molar-refractivity contribution in [3.63, 3.8) is 0 Å². The highest BCUT2D eigenvalue weighted by atomic mass is 16.5. The summed E-state index contributed by atoms with van der Waals surface area (Å²) >= 11 is 0. The topological polar surface area (TPSA) is 132 Å². The van der Waals surface area contributed by atoms with Crippen LogP contribution in [0.5, 0.6) is 11.6 Å². The van der Waals surface area contributed by atoms with E-state index in [0.29, 0.717) is 53.3 Å². The minimum Gasteiger partial charge on any atom is -0.492 e. The number of nitrogens with one attached hydrogen (secondary N) is 1. The lowest BCUT2D eigenvalue weighted by molar-refractivity contribution is -0.145. The second kappa shape index (κ2) is 10.5. The SMILES string of the molecule is Cc1noc(-c2ccc(OC[C@H]3CCCC[C@@H]3C(=O)O)cn2)c1Nc1cncc(OC(C)C)n1. The summed E-state index contributed by atoms with van der Waals surface area (Å²) in [6.07, 6.45) is 8.29. The van der Waals surface area contributed by atoms with Crippen LogP contribution in [0.15, 0.2) is 35.2 Å². The Kier molecular flexibility index (Phi) is 7.24. The Morgan fingerprint density at radius 1 is 1.24 bits per heavy atom. The van der Waals surface area contributed by atoms with Gasteiger partial charge in [0.2, 0.25) is 11.6 Å². The molecule has 1 fully saturated rings. The van der Waals surface area contributed by atoms with Gasteiger partial charge >= 0.3 is 5.97 Å². The average Bonchev–Trinajstić information content (AvgIpc) is 3.18. The molecule has 180 valence electrons. The van der Waals surface area contributed by atoms with Gasteiger partial charge in [-0.1, -0.05) is 18.0 Å². The van der Waals surface area contributed by atoms with Crippen molar-refractivity contribution in [2.24, 2.45) is 11.8 Å². The molecule has 1 aliphatic rings. The second-order valence-electron chi connectivity index (χ2n) is 8.69. The van der Waals surface area contributed by atoms with Crippen LogP contribution in [0.4, 0.5) is 11.5 Å². The fraction of sp³-hybridized carbons (Fsp3) is 0.458. The molecule has 3 aromatic rings. The van der Waals surface area contributed by atoms with Crippen molar-refractivity contribution < 1.29 is 23.9 Å². The Hall–Kier alpha value is -3.69. The molecule has 1 saturated carbocycles. The maximum absolute atomic E-state index is 11.5. The Balaban J connectivity index is 1.45. The lowest BCUT2D eigenvalue weighted by atomic mass is 9.80. The molecule has 0 saturated heterocycles. The molecule has 10 nitrogen and oxygen atoms in total. The number of carboxylic acid groups (broad SMARTS) is 1. The molecular formula is C24H29N5O5. The number of ether oxygens (including phenoxy) is 2. The van der Waals surface area contributed by atoms with E-state index >= 15 is 0 Å². The van der Waals surface area contributed by atoms with E-state index in [0.717, 1.165) is 19.3 Å². The van der Waals surface area contributed by atoms with E-state index in [1.807, 2.05) is 20.8 Å². The van der Waals surface area contributed by atoms with Gasteiger partial charge < -0.3 is 24.4 Å². The molecule has 2 atom stereocenters.